The minimum Gasteiger partial charge on any atom is -0.452 e. The molecule has 0 spiro atoms. The van der Waals surface area contributed by atoms with Gasteiger partial charge in [-0.15, -0.1) is 0 Å². The number of ether oxygens (including phenoxy) is 1. The Hall–Kier alpha value is -2.17. The summed E-state index contributed by atoms with van der Waals surface area (Å²) < 4.78 is 5.71. The van der Waals surface area contributed by atoms with Gasteiger partial charge in [0.2, 0.25) is 0 Å². The molecule has 2 unspecified atom stereocenters. The zero-order chi connectivity index (χ0) is 18.6. The van der Waals surface area contributed by atoms with E-state index in [2.05, 4.69) is 47.5 Å². The number of rotatable bonds is 6. The smallest absolute Gasteiger partial charge is 0.339 e. The molecule has 0 aliphatic carbocycles. The topological polar surface area (TPSA) is 41.6 Å². The molecule has 2 aliphatic heterocycles. The van der Waals surface area contributed by atoms with Crippen LogP contribution in [-0.4, -0.2) is 36.0 Å². The number of nitrogens with one attached hydrogen (secondary N) is 1. The van der Waals surface area contributed by atoms with Crippen LogP contribution in [0.2, 0.25) is 0 Å². The van der Waals surface area contributed by atoms with Gasteiger partial charge in [0, 0.05) is 24.2 Å². The maximum Gasteiger partial charge on any atom is 0.339 e. The zero-order valence-electron chi connectivity index (χ0n) is 15.9. The molecule has 0 amide bonds. The second-order valence-corrected chi connectivity index (χ2v) is 7.63. The molecule has 2 atom stereocenters. The minimum atomic E-state index is -0.187. The molecule has 1 saturated heterocycles. The van der Waals surface area contributed by atoms with Gasteiger partial charge in [-0.25, -0.2) is 4.79 Å². The molecule has 2 heterocycles. The van der Waals surface area contributed by atoms with Gasteiger partial charge < -0.3 is 10.1 Å². The fourth-order valence-corrected chi connectivity index (χ4v) is 4.29. The van der Waals surface area contributed by atoms with Crippen molar-refractivity contribution >= 4 is 5.97 Å². The first kappa shape index (κ1) is 18.2. The molecule has 4 rings (SSSR count). The molecule has 142 valence electrons. The Morgan fingerprint density at radius 3 is 2.52 bits per heavy atom. The third-order valence-corrected chi connectivity index (χ3v) is 5.81. The van der Waals surface area contributed by atoms with Crippen LogP contribution in [0.4, 0.5) is 0 Å². The standard InChI is InChI=1S/C23H28N2O2/c1-2-21(22-19-10-6-7-11-20(19)23(26)27-22)24-18-12-14-25(15-13-18)16-17-8-4-3-5-9-17/h3-11,18,21-22,24H,2,12-16H2,1H3. The normalized spacial score (nSPS) is 21.7. The van der Waals surface area contributed by atoms with E-state index in [9.17, 15) is 4.79 Å². The van der Waals surface area contributed by atoms with Crippen molar-refractivity contribution in [3.63, 3.8) is 0 Å². The Morgan fingerprint density at radius 1 is 1.07 bits per heavy atom. The number of likely N-dealkylation sites (tertiary alicyclic amines) is 1. The number of piperidine rings is 1. The highest BCUT2D eigenvalue weighted by Gasteiger charge is 2.36. The lowest BCUT2D eigenvalue weighted by Gasteiger charge is -2.35. The van der Waals surface area contributed by atoms with Crippen LogP contribution in [-0.2, 0) is 11.3 Å². The summed E-state index contributed by atoms with van der Waals surface area (Å²) in [5, 5.41) is 3.79. The van der Waals surface area contributed by atoms with E-state index in [0.717, 1.165) is 50.0 Å². The van der Waals surface area contributed by atoms with Gasteiger partial charge in [0.05, 0.1) is 5.56 Å². The molecular weight excluding hydrogens is 336 g/mol. The Kier molecular flexibility index (Phi) is 5.55. The van der Waals surface area contributed by atoms with E-state index in [1.54, 1.807) is 0 Å². The first-order valence-corrected chi connectivity index (χ1v) is 10.1. The number of benzene rings is 2. The summed E-state index contributed by atoms with van der Waals surface area (Å²) in [6, 6.07) is 19.1. The molecule has 0 saturated carbocycles. The number of hydrogen-bond donors (Lipinski definition) is 1. The molecule has 1 N–H and O–H groups in total. The summed E-state index contributed by atoms with van der Waals surface area (Å²) in [4.78, 5) is 14.7. The summed E-state index contributed by atoms with van der Waals surface area (Å²) in [6.07, 6.45) is 3.04. The molecule has 27 heavy (non-hydrogen) atoms. The number of carbonyl (C=O) groups excluding carboxylic acids is 1. The highest BCUT2D eigenvalue weighted by Crippen LogP contribution is 2.34. The van der Waals surface area contributed by atoms with E-state index >= 15 is 0 Å². The SMILES string of the molecule is CCC(NC1CCN(Cc2ccccc2)CC1)C1OC(=O)c2ccccc21. The van der Waals surface area contributed by atoms with Crippen LogP contribution >= 0.6 is 0 Å². The molecule has 2 aromatic carbocycles. The summed E-state index contributed by atoms with van der Waals surface area (Å²) in [7, 11) is 0. The van der Waals surface area contributed by atoms with Crippen LogP contribution in [0.5, 0.6) is 0 Å². The third kappa shape index (κ3) is 4.07. The van der Waals surface area contributed by atoms with Crippen molar-refractivity contribution in [3.05, 3.63) is 71.3 Å². The van der Waals surface area contributed by atoms with Crippen LogP contribution in [0.1, 0.15) is 53.8 Å². The van der Waals surface area contributed by atoms with E-state index < -0.39 is 0 Å². The van der Waals surface area contributed by atoms with Crippen molar-refractivity contribution < 1.29 is 9.53 Å². The van der Waals surface area contributed by atoms with Gasteiger partial charge in [-0.2, -0.15) is 0 Å². The summed E-state index contributed by atoms with van der Waals surface area (Å²) >= 11 is 0. The van der Waals surface area contributed by atoms with Gasteiger partial charge in [-0.1, -0.05) is 55.5 Å². The molecule has 0 aromatic heterocycles. The van der Waals surface area contributed by atoms with Crippen LogP contribution in [0.15, 0.2) is 54.6 Å². The molecule has 2 aliphatic rings. The van der Waals surface area contributed by atoms with E-state index in [1.165, 1.54) is 5.56 Å². The highest BCUT2D eigenvalue weighted by molar-refractivity contribution is 5.94. The Bertz CT molecular complexity index is 769. The van der Waals surface area contributed by atoms with Crippen molar-refractivity contribution in [1.29, 1.82) is 0 Å². The number of cyclic esters (lactones) is 1. The second-order valence-electron chi connectivity index (χ2n) is 7.63. The Labute approximate surface area is 161 Å². The molecule has 4 nitrogen and oxygen atoms in total. The second kappa shape index (κ2) is 8.24. The van der Waals surface area contributed by atoms with Gasteiger partial charge >= 0.3 is 5.97 Å². The third-order valence-electron chi connectivity index (χ3n) is 5.81. The lowest BCUT2D eigenvalue weighted by atomic mass is 9.95. The fraction of sp³-hybridized carbons (Fsp3) is 0.435. The molecule has 0 radical (unpaired) electrons. The van der Waals surface area contributed by atoms with E-state index in [0.29, 0.717) is 6.04 Å². The summed E-state index contributed by atoms with van der Waals surface area (Å²) in [5.74, 6) is -0.187. The minimum absolute atomic E-state index is 0.166. The van der Waals surface area contributed by atoms with Crippen molar-refractivity contribution in [1.82, 2.24) is 10.2 Å². The predicted molar refractivity (Wildman–Crippen MR) is 107 cm³/mol. The molecule has 2 aromatic rings. The van der Waals surface area contributed by atoms with Crippen LogP contribution in [0, 0.1) is 0 Å². The number of fused-ring (bicyclic) bond motifs is 1. The summed E-state index contributed by atoms with van der Waals surface area (Å²) in [5.41, 5.74) is 3.13. The van der Waals surface area contributed by atoms with Crippen molar-refractivity contribution in [3.8, 4) is 0 Å². The Morgan fingerprint density at radius 2 is 1.78 bits per heavy atom. The molecular formula is C23H28N2O2. The average Bonchev–Trinajstić information content (AvgIpc) is 3.05. The van der Waals surface area contributed by atoms with E-state index in [1.807, 2.05) is 24.3 Å². The first-order valence-electron chi connectivity index (χ1n) is 10.1. The number of nitrogens with zero attached hydrogens (tertiary/aromatic N) is 1. The van der Waals surface area contributed by atoms with Crippen molar-refractivity contribution in [2.45, 2.75) is 50.9 Å². The maximum absolute atomic E-state index is 12.1. The van der Waals surface area contributed by atoms with E-state index in [-0.39, 0.29) is 18.1 Å². The van der Waals surface area contributed by atoms with Crippen LogP contribution in [0.3, 0.4) is 0 Å². The average molecular weight is 364 g/mol. The van der Waals surface area contributed by atoms with Crippen molar-refractivity contribution in [2.75, 3.05) is 13.1 Å². The van der Waals surface area contributed by atoms with Crippen molar-refractivity contribution in [2.24, 2.45) is 0 Å². The monoisotopic (exact) mass is 364 g/mol. The quantitative estimate of drug-likeness (QED) is 0.789. The molecule has 0 bridgehead atoms. The lowest BCUT2D eigenvalue weighted by Crippen LogP contribution is -2.47. The largest absolute Gasteiger partial charge is 0.452 e. The summed E-state index contributed by atoms with van der Waals surface area (Å²) in [6.45, 7) is 5.39. The number of hydrogen-bond acceptors (Lipinski definition) is 4. The van der Waals surface area contributed by atoms with E-state index in [4.69, 9.17) is 4.74 Å². The first-order chi connectivity index (χ1) is 13.2. The number of carbonyl (C=O) groups is 1. The molecule has 4 heteroatoms. The van der Waals surface area contributed by atoms with Crippen LogP contribution < -0.4 is 5.32 Å². The van der Waals surface area contributed by atoms with Gasteiger partial charge in [0.1, 0.15) is 6.10 Å². The fourth-order valence-electron chi connectivity index (χ4n) is 4.29. The van der Waals surface area contributed by atoms with Gasteiger partial charge in [0.25, 0.3) is 0 Å². The van der Waals surface area contributed by atoms with Gasteiger partial charge in [0.15, 0.2) is 0 Å². The predicted octanol–water partition coefficient (Wildman–Crippen LogP) is 3.93. The maximum atomic E-state index is 12.1. The van der Waals surface area contributed by atoms with Crippen LogP contribution in [0.25, 0.3) is 0 Å². The Balaban J connectivity index is 1.33. The van der Waals surface area contributed by atoms with Gasteiger partial charge in [-0.3, -0.25) is 4.90 Å². The van der Waals surface area contributed by atoms with Gasteiger partial charge in [-0.05, 0) is 44.0 Å². The molecule has 1 fully saturated rings. The highest BCUT2D eigenvalue weighted by atomic mass is 16.5. The zero-order valence-corrected chi connectivity index (χ0v) is 15.9. The lowest BCUT2D eigenvalue weighted by molar-refractivity contribution is 0.0264. The number of esters is 1.